The molecule has 0 aliphatic heterocycles. The van der Waals surface area contributed by atoms with Gasteiger partial charge in [-0.05, 0) is 78.8 Å². The number of carbonyl (C=O) groups excluding carboxylic acids is 1. The van der Waals surface area contributed by atoms with Crippen LogP contribution in [0.25, 0.3) is 6.08 Å². The maximum Gasteiger partial charge on any atom is 0.266 e. The maximum absolute atomic E-state index is 12.6. The quantitative estimate of drug-likeness (QED) is 0.227. The Kier molecular flexibility index (Phi) is 8.28. The molecule has 0 saturated carbocycles. The van der Waals surface area contributed by atoms with E-state index in [2.05, 4.69) is 34.5 Å². The normalized spacial score (nSPS) is 10.8. The molecule has 6 heteroatoms. The molecule has 0 saturated heterocycles. The smallest absolute Gasteiger partial charge is 0.266 e. The zero-order valence-electron chi connectivity index (χ0n) is 16.7. The van der Waals surface area contributed by atoms with Gasteiger partial charge in [-0.1, -0.05) is 30.4 Å². The van der Waals surface area contributed by atoms with Crippen molar-refractivity contribution in [2.45, 2.75) is 20.8 Å². The van der Waals surface area contributed by atoms with Crippen LogP contribution < -0.4 is 14.8 Å². The number of nitrogens with one attached hydrogen (secondary N) is 1. The van der Waals surface area contributed by atoms with E-state index in [4.69, 9.17) is 9.47 Å². The summed E-state index contributed by atoms with van der Waals surface area (Å²) < 4.78 is 12.2. The van der Waals surface area contributed by atoms with Gasteiger partial charge >= 0.3 is 0 Å². The second-order valence-electron chi connectivity index (χ2n) is 6.30. The van der Waals surface area contributed by atoms with E-state index in [1.54, 1.807) is 18.2 Å². The van der Waals surface area contributed by atoms with Gasteiger partial charge in [0.25, 0.3) is 5.91 Å². The molecule has 0 spiro atoms. The number of ether oxygens (including phenoxy) is 2. The monoisotopic (exact) mass is 502 g/mol. The van der Waals surface area contributed by atoms with E-state index >= 15 is 0 Å². The summed E-state index contributed by atoms with van der Waals surface area (Å²) in [6.07, 6.45) is 3.20. The molecule has 0 aliphatic rings. The van der Waals surface area contributed by atoms with Crippen molar-refractivity contribution in [3.05, 3.63) is 68.8 Å². The predicted octanol–water partition coefficient (Wildman–Crippen LogP) is 5.42. The van der Waals surface area contributed by atoms with Crippen LogP contribution in [-0.4, -0.2) is 19.1 Å². The van der Waals surface area contributed by atoms with Gasteiger partial charge in [-0.15, -0.1) is 0 Å². The molecule has 0 unspecified atom stereocenters. The van der Waals surface area contributed by atoms with Crippen molar-refractivity contribution in [1.29, 1.82) is 5.26 Å². The van der Waals surface area contributed by atoms with Crippen LogP contribution in [0.2, 0.25) is 0 Å². The molecule has 0 aromatic heterocycles. The molecule has 29 heavy (non-hydrogen) atoms. The first-order chi connectivity index (χ1) is 13.9. The highest BCUT2D eigenvalue weighted by Crippen LogP contribution is 2.35. The van der Waals surface area contributed by atoms with Crippen molar-refractivity contribution in [2.75, 3.05) is 18.5 Å². The number of amides is 1. The number of nitriles is 1. The van der Waals surface area contributed by atoms with Crippen LogP contribution in [0.1, 0.15) is 23.6 Å². The number of aryl methyl sites for hydroxylation is 2. The number of rotatable bonds is 8. The number of carbonyl (C=O) groups is 1. The first kappa shape index (κ1) is 22.5. The largest absolute Gasteiger partial charge is 0.490 e. The van der Waals surface area contributed by atoms with E-state index < -0.39 is 5.91 Å². The van der Waals surface area contributed by atoms with Crippen molar-refractivity contribution in [3.63, 3.8) is 0 Å². The summed E-state index contributed by atoms with van der Waals surface area (Å²) in [5.41, 5.74) is 3.40. The van der Waals surface area contributed by atoms with Crippen molar-refractivity contribution in [1.82, 2.24) is 0 Å². The van der Waals surface area contributed by atoms with E-state index in [0.29, 0.717) is 36.0 Å². The van der Waals surface area contributed by atoms with Crippen LogP contribution in [0.5, 0.6) is 11.5 Å². The van der Waals surface area contributed by atoms with Gasteiger partial charge in [-0.3, -0.25) is 4.79 Å². The van der Waals surface area contributed by atoms with Crippen LogP contribution in [0.3, 0.4) is 0 Å². The molecule has 2 aromatic carbocycles. The summed E-state index contributed by atoms with van der Waals surface area (Å²) >= 11 is 2.14. The molecule has 0 atom stereocenters. The topological polar surface area (TPSA) is 71.3 Å². The molecule has 2 aromatic rings. The van der Waals surface area contributed by atoms with E-state index in [1.165, 1.54) is 0 Å². The second kappa shape index (κ2) is 10.7. The van der Waals surface area contributed by atoms with Gasteiger partial charge in [0.05, 0.1) is 10.2 Å². The van der Waals surface area contributed by atoms with Crippen molar-refractivity contribution in [2.24, 2.45) is 0 Å². The highest BCUT2D eigenvalue weighted by atomic mass is 127. The molecular weight excluding hydrogens is 479 g/mol. The van der Waals surface area contributed by atoms with Gasteiger partial charge in [-0.25, -0.2) is 0 Å². The molecule has 0 heterocycles. The number of anilines is 1. The molecule has 1 amide bonds. The van der Waals surface area contributed by atoms with Crippen molar-refractivity contribution >= 4 is 40.3 Å². The van der Waals surface area contributed by atoms with E-state index in [1.807, 2.05) is 51.1 Å². The first-order valence-electron chi connectivity index (χ1n) is 9.10. The van der Waals surface area contributed by atoms with E-state index in [0.717, 1.165) is 14.7 Å². The van der Waals surface area contributed by atoms with Crippen LogP contribution in [0.15, 0.2) is 48.6 Å². The summed E-state index contributed by atoms with van der Waals surface area (Å²) in [7, 11) is 0. The second-order valence-corrected chi connectivity index (χ2v) is 7.47. The van der Waals surface area contributed by atoms with Crippen molar-refractivity contribution in [3.8, 4) is 17.6 Å². The SMILES string of the molecule is C=CCOc1c(I)cc(/C=C(/C#N)C(=O)Nc2ccc(C)cc2C)cc1OCC. The molecule has 2 rings (SSSR count). The van der Waals surface area contributed by atoms with E-state index in [-0.39, 0.29) is 5.57 Å². The van der Waals surface area contributed by atoms with E-state index in [9.17, 15) is 10.1 Å². The van der Waals surface area contributed by atoms with Crippen LogP contribution in [-0.2, 0) is 4.79 Å². The maximum atomic E-state index is 12.6. The van der Waals surface area contributed by atoms with Gasteiger partial charge in [0.1, 0.15) is 18.2 Å². The number of hydrogen-bond donors (Lipinski definition) is 1. The highest BCUT2D eigenvalue weighted by Gasteiger charge is 2.14. The Balaban J connectivity index is 2.34. The lowest BCUT2D eigenvalue weighted by molar-refractivity contribution is -0.112. The van der Waals surface area contributed by atoms with Gasteiger partial charge in [0, 0.05) is 5.69 Å². The van der Waals surface area contributed by atoms with Crippen LogP contribution in [0.4, 0.5) is 5.69 Å². The third-order valence-corrected chi connectivity index (χ3v) is 4.78. The Morgan fingerprint density at radius 2 is 2.03 bits per heavy atom. The fourth-order valence-electron chi connectivity index (χ4n) is 2.68. The van der Waals surface area contributed by atoms with Gasteiger partial charge in [0.2, 0.25) is 0 Å². The summed E-state index contributed by atoms with van der Waals surface area (Å²) in [5, 5.41) is 12.3. The minimum absolute atomic E-state index is 0.00276. The Hall–Kier alpha value is -2.79. The fraction of sp³-hybridized carbons (Fsp3) is 0.217. The third kappa shape index (κ3) is 6.09. The number of hydrogen-bond acceptors (Lipinski definition) is 4. The third-order valence-electron chi connectivity index (χ3n) is 3.98. The minimum Gasteiger partial charge on any atom is -0.490 e. The fourth-order valence-corrected chi connectivity index (χ4v) is 3.46. The van der Waals surface area contributed by atoms with Gasteiger partial charge in [0.15, 0.2) is 11.5 Å². The molecule has 5 nitrogen and oxygen atoms in total. The molecule has 0 bridgehead atoms. The van der Waals surface area contributed by atoms with Gasteiger partial charge in [-0.2, -0.15) is 5.26 Å². The molecule has 0 fully saturated rings. The zero-order chi connectivity index (χ0) is 21.4. The molecule has 0 aliphatic carbocycles. The molecule has 150 valence electrons. The summed E-state index contributed by atoms with van der Waals surface area (Å²) in [4.78, 5) is 12.6. The highest BCUT2D eigenvalue weighted by molar-refractivity contribution is 14.1. The Labute approximate surface area is 185 Å². The summed E-state index contributed by atoms with van der Waals surface area (Å²) in [5.74, 6) is 0.710. The Morgan fingerprint density at radius 3 is 2.66 bits per heavy atom. The lowest BCUT2D eigenvalue weighted by atomic mass is 10.1. The average molecular weight is 502 g/mol. The van der Waals surface area contributed by atoms with Gasteiger partial charge < -0.3 is 14.8 Å². The number of benzene rings is 2. The molecular formula is C23H23IN2O3. The number of nitrogens with zero attached hydrogens (tertiary/aromatic N) is 1. The molecule has 1 N–H and O–H groups in total. The lowest BCUT2D eigenvalue weighted by Crippen LogP contribution is -2.14. The average Bonchev–Trinajstić information content (AvgIpc) is 2.67. The summed E-state index contributed by atoms with van der Waals surface area (Å²) in [6, 6.07) is 11.3. The Bertz CT molecular complexity index is 990. The molecule has 0 radical (unpaired) electrons. The Morgan fingerprint density at radius 1 is 1.28 bits per heavy atom. The van der Waals surface area contributed by atoms with Crippen LogP contribution >= 0.6 is 22.6 Å². The predicted molar refractivity (Wildman–Crippen MR) is 124 cm³/mol. The summed E-state index contributed by atoms with van der Waals surface area (Å²) in [6.45, 7) is 10.3. The zero-order valence-corrected chi connectivity index (χ0v) is 18.9. The van der Waals surface area contributed by atoms with Crippen LogP contribution in [0, 0.1) is 28.7 Å². The number of halogens is 1. The van der Waals surface area contributed by atoms with Crippen molar-refractivity contribution < 1.29 is 14.3 Å². The lowest BCUT2D eigenvalue weighted by Gasteiger charge is -2.14. The first-order valence-corrected chi connectivity index (χ1v) is 10.2. The minimum atomic E-state index is -0.459. The standard InChI is InChI=1S/C23H23IN2O3/c1-5-9-29-22-19(24)12-17(13-21(22)28-6-2)11-18(14-25)23(27)26-20-8-7-15(3)10-16(20)4/h5,7-8,10-13H,1,6,9H2,2-4H3,(H,26,27)/b18-11-.